The van der Waals surface area contributed by atoms with Crippen molar-refractivity contribution in [1.82, 2.24) is 4.90 Å². The predicted molar refractivity (Wildman–Crippen MR) is 68.6 cm³/mol. The van der Waals surface area contributed by atoms with Crippen molar-refractivity contribution in [1.29, 1.82) is 0 Å². The minimum absolute atomic E-state index is 0.258. The lowest BCUT2D eigenvalue weighted by molar-refractivity contribution is 0.167. The van der Waals surface area contributed by atoms with E-state index >= 15 is 0 Å². The monoisotopic (exact) mass is 252 g/mol. The van der Waals surface area contributed by atoms with Gasteiger partial charge in [0.05, 0.1) is 0 Å². The van der Waals surface area contributed by atoms with Crippen LogP contribution >= 0.6 is 11.6 Å². The summed E-state index contributed by atoms with van der Waals surface area (Å²) in [6.45, 7) is 3.06. The van der Waals surface area contributed by atoms with E-state index in [1.807, 2.05) is 18.2 Å². The van der Waals surface area contributed by atoms with Gasteiger partial charge in [0.15, 0.2) is 0 Å². The summed E-state index contributed by atoms with van der Waals surface area (Å²) in [7, 11) is 0. The SMILES string of the molecule is N[C@@H]1CCN(CC2Cc3cc(Cl)ccc3O2)C1. The molecule has 0 aliphatic carbocycles. The Labute approximate surface area is 106 Å². The summed E-state index contributed by atoms with van der Waals surface area (Å²) in [6, 6.07) is 6.20. The predicted octanol–water partition coefficient (Wildman–Crippen LogP) is 1.68. The lowest BCUT2D eigenvalue weighted by atomic mass is 10.1. The zero-order valence-electron chi connectivity index (χ0n) is 9.73. The fraction of sp³-hybridized carbons (Fsp3) is 0.538. The Bertz CT molecular complexity index is 424. The van der Waals surface area contributed by atoms with Gasteiger partial charge in [-0.05, 0) is 36.7 Å². The van der Waals surface area contributed by atoms with Gasteiger partial charge in [-0.15, -0.1) is 0 Å². The average Bonchev–Trinajstić information content (AvgIpc) is 2.84. The zero-order chi connectivity index (χ0) is 11.8. The van der Waals surface area contributed by atoms with Crippen LogP contribution < -0.4 is 10.5 Å². The highest BCUT2D eigenvalue weighted by Gasteiger charge is 2.27. The van der Waals surface area contributed by atoms with Gasteiger partial charge in [0, 0.05) is 30.6 Å². The molecule has 2 heterocycles. The molecule has 4 heteroatoms. The molecule has 3 rings (SSSR count). The molecule has 2 aliphatic heterocycles. The molecule has 0 radical (unpaired) electrons. The van der Waals surface area contributed by atoms with Crippen molar-refractivity contribution < 1.29 is 4.74 Å². The Morgan fingerprint density at radius 1 is 1.47 bits per heavy atom. The normalized spacial score (nSPS) is 28.1. The molecule has 92 valence electrons. The summed E-state index contributed by atoms with van der Waals surface area (Å²) in [5, 5.41) is 0.788. The third-order valence-electron chi connectivity index (χ3n) is 3.53. The lowest BCUT2D eigenvalue weighted by Gasteiger charge is -2.19. The molecule has 17 heavy (non-hydrogen) atoms. The van der Waals surface area contributed by atoms with E-state index in [1.54, 1.807) is 0 Å². The Balaban J connectivity index is 1.62. The Hall–Kier alpha value is -0.770. The number of fused-ring (bicyclic) bond motifs is 1. The summed E-state index contributed by atoms with van der Waals surface area (Å²) in [4.78, 5) is 2.39. The number of nitrogens with two attached hydrogens (primary N) is 1. The van der Waals surface area contributed by atoms with E-state index in [0.717, 1.165) is 43.2 Å². The molecule has 1 aromatic rings. The van der Waals surface area contributed by atoms with Gasteiger partial charge in [-0.1, -0.05) is 11.6 Å². The fourth-order valence-electron chi connectivity index (χ4n) is 2.71. The van der Waals surface area contributed by atoms with E-state index in [2.05, 4.69) is 4.90 Å². The van der Waals surface area contributed by atoms with Crippen molar-refractivity contribution in [2.75, 3.05) is 19.6 Å². The van der Waals surface area contributed by atoms with Gasteiger partial charge in [-0.25, -0.2) is 0 Å². The lowest BCUT2D eigenvalue weighted by Crippen LogP contribution is -2.35. The maximum absolute atomic E-state index is 5.98. The Kier molecular flexibility index (Phi) is 2.99. The number of hydrogen-bond acceptors (Lipinski definition) is 3. The summed E-state index contributed by atoms with van der Waals surface area (Å²) < 4.78 is 5.92. The fourth-order valence-corrected chi connectivity index (χ4v) is 2.90. The molecule has 1 unspecified atom stereocenters. The quantitative estimate of drug-likeness (QED) is 0.870. The van der Waals surface area contributed by atoms with Crippen LogP contribution in [0.3, 0.4) is 0 Å². The van der Waals surface area contributed by atoms with Crippen LogP contribution in [0.2, 0.25) is 5.02 Å². The molecular formula is C13H17ClN2O. The Morgan fingerprint density at radius 2 is 2.35 bits per heavy atom. The molecule has 0 aromatic heterocycles. The van der Waals surface area contributed by atoms with Crippen LogP contribution in [-0.2, 0) is 6.42 Å². The first-order chi connectivity index (χ1) is 8.20. The van der Waals surface area contributed by atoms with E-state index in [4.69, 9.17) is 22.1 Å². The van der Waals surface area contributed by atoms with Crippen LogP contribution in [0.4, 0.5) is 0 Å². The van der Waals surface area contributed by atoms with E-state index in [1.165, 1.54) is 5.56 Å². The maximum atomic E-state index is 5.98. The van der Waals surface area contributed by atoms with Crippen LogP contribution in [0.25, 0.3) is 0 Å². The van der Waals surface area contributed by atoms with Crippen molar-refractivity contribution in [2.45, 2.75) is 25.0 Å². The van der Waals surface area contributed by atoms with Crippen LogP contribution in [0.1, 0.15) is 12.0 Å². The first-order valence-corrected chi connectivity index (χ1v) is 6.51. The van der Waals surface area contributed by atoms with E-state index in [-0.39, 0.29) is 6.10 Å². The van der Waals surface area contributed by atoms with Gasteiger partial charge < -0.3 is 10.5 Å². The minimum atomic E-state index is 0.258. The molecule has 1 aromatic carbocycles. The molecule has 2 aliphatic rings. The number of ether oxygens (including phenoxy) is 1. The number of halogens is 1. The Morgan fingerprint density at radius 3 is 3.12 bits per heavy atom. The van der Waals surface area contributed by atoms with Gasteiger partial charge in [0.2, 0.25) is 0 Å². The minimum Gasteiger partial charge on any atom is -0.488 e. The van der Waals surface area contributed by atoms with E-state index < -0.39 is 0 Å². The maximum Gasteiger partial charge on any atom is 0.123 e. The first-order valence-electron chi connectivity index (χ1n) is 6.14. The van der Waals surface area contributed by atoms with Crippen LogP contribution in [-0.4, -0.2) is 36.7 Å². The third kappa shape index (κ3) is 2.41. The highest BCUT2D eigenvalue weighted by atomic mass is 35.5. The van der Waals surface area contributed by atoms with Crippen molar-refractivity contribution in [2.24, 2.45) is 5.73 Å². The molecular weight excluding hydrogens is 236 g/mol. The molecule has 0 bridgehead atoms. The smallest absolute Gasteiger partial charge is 0.123 e. The van der Waals surface area contributed by atoms with Crippen LogP contribution in [0.5, 0.6) is 5.75 Å². The molecule has 2 atom stereocenters. The standard InChI is InChI=1S/C13H17ClN2O/c14-10-1-2-13-9(5-10)6-12(17-13)8-16-4-3-11(15)7-16/h1-2,5,11-12H,3-4,6-8,15H2/t11-,12?/m1/s1. The summed E-state index contributed by atoms with van der Waals surface area (Å²) in [5.41, 5.74) is 7.13. The van der Waals surface area contributed by atoms with E-state index in [0.29, 0.717) is 6.04 Å². The van der Waals surface area contributed by atoms with Crippen LogP contribution in [0, 0.1) is 0 Å². The topological polar surface area (TPSA) is 38.5 Å². The molecule has 2 N–H and O–H groups in total. The summed E-state index contributed by atoms with van der Waals surface area (Å²) in [5.74, 6) is 0.989. The highest BCUT2D eigenvalue weighted by Crippen LogP contribution is 2.31. The molecule has 1 fully saturated rings. The summed E-state index contributed by atoms with van der Waals surface area (Å²) >= 11 is 5.98. The van der Waals surface area contributed by atoms with Crippen LogP contribution in [0.15, 0.2) is 18.2 Å². The van der Waals surface area contributed by atoms with Crippen molar-refractivity contribution >= 4 is 11.6 Å². The number of rotatable bonds is 2. The first kappa shape index (κ1) is 11.3. The van der Waals surface area contributed by atoms with Crippen molar-refractivity contribution in [3.05, 3.63) is 28.8 Å². The highest BCUT2D eigenvalue weighted by molar-refractivity contribution is 6.30. The molecule has 0 spiro atoms. The second kappa shape index (κ2) is 4.48. The van der Waals surface area contributed by atoms with Crippen molar-refractivity contribution in [3.63, 3.8) is 0 Å². The third-order valence-corrected chi connectivity index (χ3v) is 3.77. The van der Waals surface area contributed by atoms with Gasteiger partial charge in [0.25, 0.3) is 0 Å². The molecule has 0 saturated carbocycles. The number of benzene rings is 1. The van der Waals surface area contributed by atoms with Gasteiger partial charge in [-0.2, -0.15) is 0 Å². The van der Waals surface area contributed by atoms with Gasteiger partial charge >= 0.3 is 0 Å². The molecule has 0 amide bonds. The molecule has 1 saturated heterocycles. The number of likely N-dealkylation sites (tertiary alicyclic amines) is 1. The van der Waals surface area contributed by atoms with E-state index in [9.17, 15) is 0 Å². The largest absolute Gasteiger partial charge is 0.488 e. The second-order valence-corrected chi connectivity index (χ2v) is 5.44. The van der Waals surface area contributed by atoms with Gasteiger partial charge in [-0.3, -0.25) is 4.90 Å². The van der Waals surface area contributed by atoms with Crippen molar-refractivity contribution in [3.8, 4) is 5.75 Å². The average molecular weight is 253 g/mol. The summed E-state index contributed by atoms with van der Waals surface area (Å²) in [6.07, 6.45) is 2.32. The zero-order valence-corrected chi connectivity index (χ0v) is 10.5. The number of nitrogens with zero attached hydrogens (tertiary/aromatic N) is 1. The van der Waals surface area contributed by atoms with Gasteiger partial charge in [0.1, 0.15) is 11.9 Å². The second-order valence-electron chi connectivity index (χ2n) is 5.00. The molecule has 3 nitrogen and oxygen atoms in total. The number of hydrogen-bond donors (Lipinski definition) is 1.